The summed E-state index contributed by atoms with van der Waals surface area (Å²) in [6.07, 6.45) is 1.79. The molecule has 196 valence electrons. The zero-order chi connectivity index (χ0) is 26.5. The van der Waals surface area contributed by atoms with Crippen LogP contribution in [0.2, 0.25) is 0 Å². The first-order valence-electron chi connectivity index (χ1n) is 12.9. The van der Waals surface area contributed by atoms with Crippen molar-refractivity contribution >= 4 is 23.7 Å². The highest BCUT2D eigenvalue weighted by Gasteiger charge is 2.35. The zero-order valence-corrected chi connectivity index (χ0v) is 23.4. The molecule has 37 heavy (non-hydrogen) atoms. The molecule has 1 aliphatic heterocycles. The van der Waals surface area contributed by atoms with Gasteiger partial charge in [-0.3, -0.25) is 0 Å². The van der Waals surface area contributed by atoms with Crippen molar-refractivity contribution in [3.63, 3.8) is 0 Å². The first kappa shape index (κ1) is 26.8. The maximum atomic E-state index is 13.1. The van der Waals surface area contributed by atoms with Crippen LogP contribution in [0.4, 0.5) is 5.95 Å². The first-order chi connectivity index (χ1) is 17.8. The van der Waals surface area contributed by atoms with E-state index in [1.807, 2.05) is 38.1 Å². The van der Waals surface area contributed by atoms with E-state index in [1.165, 1.54) is 22.3 Å². The lowest BCUT2D eigenvalue weighted by molar-refractivity contribution is -0.139. The quantitative estimate of drug-likeness (QED) is 0.241. The van der Waals surface area contributed by atoms with Gasteiger partial charge in [-0.15, -0.1) is 5.10 Å². The molecule has 0 fully saturated rings. The van der Waals surface area contributed by atoms with E-state index in [4.69, 9.17) is 14.6 Å². The summed E-state index contributed by atoms with van der Waals surface area (Å²) in [5.41, 5.74) is 7.12. The molecule has 2 heterocycles. The molecule has 0 aliphatic carbocycles. The summed E-state index contributed by atoms with van der Waals surface area (Å²) < 4.78 is 13.5. The summed E-state index contributed by atoms with van der Waals surface area (Å²) in [5.74, 6) is 1.98. The Morgan fingerprint density at radius 1 is 1.03 bits per heavy atom. The second-order valence-electron chi connectivity index (χ2n) is 9.43. The highest BCUT2D eigenvalue weighted by Crippen LogP contribution is 2.37. The van der Waals surface area contributed by atoms with Crippen LogP contribution in [0.5, 0.6) is 5.75 Å². The molecule has 0 amide bonds. The van der Waals surface area contributed by atoms with Crippen LogP contribution in [0, 0.1) is 20.8 Å². The van der Waals surface area contributed by atoms with Crippen molar-refractivity contribution < 1.29 is 14.3 Å². The van der Waals surface area contributed by atoms with E-state index in [1.54, 1.807) is 16.4 Å². The smallest absolute Gasteiger partial charge is 0.338 e. The molecule has 0 radical (unpaired) electrons. The molecule has 1 N–H and O–H groups in total. The lowest BCUT2D eigenvalue weighted by Crippen LogP contribution is -2.29. The Labute approximate surface area is 223 Å². The van der Waals surface area contributed by atoms with Crippen molar-refractivity contribution in [2.75, 3.05) is 17.7 Å². The summed E-state index contributed by atoms with van der Waals surface area (Å²) in [5, 5.41) is 8.70. The molecule has 2 aromatic carbocycles. The van der Waals surface area contributed by atoms with Gasteiger partial charge in [0.25, 0.3) is 0 Å². The molecule has 3 aromatic rings. The molecule has 0 saturated carbocycles. The van der Waals surface area contributed by atoms with E-state index in [9.17, 15) is 4.79 Å². The van der Waals surface area contributed by atoms with Gasteiger partial charge in [-0.25, -0.2) is 9.48 Å². The third-order valence-corrected chi connectivity index (χ3v) is 7.51. The van der Waals surface area contributed by atoms with Crippen molar-refractivity contribution in [1.82, 2.24) is 14.8 Å². The number of hydrogen-bond donors (Lipinski definition) is 1. The number of ether oxygens (including phenoxy) is 2. The lowest BCUT2D eigenvalue weighted by atomic mass is 9.95. The fourth-order valence-electron chi connectivity index (χ4n) is 4.31. The van der Waals surface area contributed by atoms with Gasteiger partial charge in [0.15, 0.2) is 0 Å². The topological polar surface area (TPSA) is 78.3 Å². The lowest BCUT2D eigenvalue weighted by Gasteiger charge is -2.28. The van der Waals surface area contributed by atoms with Crippen molar-refractivity contribution in [3.8, 4) is 5.75 Å². The number of anilines is 1. The Balaban J connectivity index is 1.62. The van der Waals surface area contributed by atoms with E-state index in [-0.39, 0.29) is 5.97 Å². The Morgan fingerprint density at radius 2 is 1.76 bits per heavy atom. The van der Waals surface area contributed by atoms with Crippen molar-refractivity contribution in [1.29, 1.82) is 0 Å². The van der Waals surface area contributed by atoms with E-state index in [0.29, 0.717) is 29.9 Å². The Kier molecular flexibility index (Phi) is 8.59. The molecule has 8 heteroatoms. The number of aromatic nitrogens is 3. The maximum Gasteiger partial charge on any atom is 0.338 e. The van der Waals surface area contributed by atoms with Crippen LogP contribution < -0.4 is 10.1 Å². The number of benzene rings is 2. The molecule has 1 aliphatic rings. The number of aryl methyl sites for hydroxylation is 3. The highest BCUT2D eigenvalue weighted by molar-refractivity contribution is 7.99. The third-order valence-electron chi connectivity index (χ3n) is 6.47. The number of carbonyl (C=O) groups is 1. The van der Waals surface area contributed by atoms with Crippen molar-refractivity contribution in [2.45, 2.75) is 72.2 Å². The second kappa shape index (κ2) is 11.9. The molecule has 0 spiro atoms. The standard InChI is InChI=1S/C29H36N4O3S/c1-7-13-35-27(34)25-21(6)30-28-31-29(37-14-8-2)32-33(28)26(25)22-9-11-24(12-10-22)36-17-23-16-19(4)18(3)15-20(23)5/h9-12,15-16,26H,7-8,13-14,17H2,1-6H3,(H,30,31,32). The normalized spacial score (nSPS) is 14.8. The molecular weight excluding hydrogens is 484 g/mol. The number of esters is 1. The minimum Gasteiger partial charge on any atom is -0.489 e. The van der Waals surface area contributed by atoms with Gasteiger partial charge in [0.1, 0.15) is 18.4 Å². The monoisotopic (exact) mass is 520 g/mol. The first-order valence-corrected chi connectivity index (χ1v) is 13.8. The Bertz CT molecular complexity index is 1300. The molecule has 0 bridgehead atoms. The molecule has 7 nitrogen and oxygen atoms in total. The Morgan fingerprint density at radius 3 is 2.46 bits per heavy atom. The molecule has 1 aromatic heterocycles. The average molecular weight is 521 g/mol. The van der Waals surface area contributed by atoms with Gasteiger partial charge in [0.05, 0.1) is 12.2 Å². The van der Waals surface area contributed by atoms with Gasteiger partial charge in [-0.05, 0) is 80.5 Å². The van der Waals surface area contributed by atoms with Crippen LogP contribution in [-0.4, -0.2) is 33.1 Å². The molecule has 0 saturated heterocycles. The minimum absolute atomic E-state index is 0.341. The summed E-state index contributed by atoms with van der Waals surface area (Å²) in [7, 11) is 0. The van der Waals surface area contributed by atoms with Crippen LogP contribution in [0.15, 0.2) is 52.8 Å². The van der Waals surface area contributed by atoms with Crippen LogP contribution in [0.3, 0.4) is 0 Å². The predicted octanol–water partition coefficient (Wildman–Crippen LogP) is 6.53. The van der Waals surface area contributed by atoms with Crippen LogP contribution in [0.1, 0.15) is 67.5 Å². The molecule has 4 rings (SSSR count). The number of fused-ring (bicyclic) bond motifs is 1. The fourth-order valence-corrected chi connectivity index (χ4v) is 5.00. The van der Waals surface area contributed by atoms with Crippen molar-refractivity contribution in [2.24, 2.45) is 0 Å². The summed E-state index contributed by atoms with van der Waals surface area (Å²) >= 11 is 1.61. The van der Waals surface area contributed by atoms with Crippen LogP contribution >= 0.6 is 11.8 Å². The van der Waals surface area contributed by atoms with Crippen LogP contribution in [0.25, 0.3) is 0 Å². The van der Waals surface area contributed by atoms with Crippen molar-refractivity contribution in [3.05, 3.63) is 75.5 Å². The number of hydrogen-bond acceptors (Lipinski definition) is 7. The van der Waals surface area contributed by atoms with Crippen LogP contribution in [-0.2, 0) is 16.1 Å². The van der Waals surface area contributed by atoms with E-state index >= 15 is 0 Å². The summed E-state index contributed by atoms with van der Waals surface area (Å²) in [6, 6.07) is 11.8. The zero-order valence-electron chi connectivity index (χ0n) is 22.6. The molecular formula is C29H36N4O3S. The van der Waals surface area contributed by atoms with Gasteiger partial charge in [0, 0.05) is 11.4 Å². The summed E-state index contributed by atoms with van der Waals surface area (Å²) in [4.78, 5) is 17.8. The average Bonchev–Trinajstić information content (AvgIpc) is 3.29. The van der Waals surface area contributed by atoms with Gasteiger partial charge in [-0.2, -0.15) is 4.98 Å². The molecule has 1 atom stereocenters. The van der Waals surface area contributed by atoms with E-state index < -0.39 is 6.04 Å². The SMILES string of the molecule is CCCOC(=O)C1=C(C)Nc2nc(SCCC)nn2C1c1ccc(OCc2cc(C)c(C)cc2C)cc1. The van der Waals surface area contributed by atoms with Gasteiger partial charge >= 0.3 is 5.97 Å². The van der Waals surface area contributed by atoms with E-state index in [0.717, 1.165) is 35.6 Å². The number of thioether (sulfide) groups is 1. The predicted molar refractivity (Wildman–Crippen MR) is 148 cm³/mol. The van der Waals surface area contributed by atoms with Gasteiger partial charge in [-0.1, -0.05) is 49.9 Å². The maximum absolute atomic E-state index is 13.1. The summed E-state index contributed by atoms with van der Waals surface area (Å²) in [6.45, 7) is 13.2. The number of allylic oxidation sites excluding steroid dienone is 1. The number of nitrogens with zero attached hydrogens (tertiary/aromatic N) is 3. The fraction of sp³-hybridized carbons (Fsp3) is 0.414. The highest BCUT2D eigenvalue weighted by atomic mass is 32.2. The number of rotatable bonds is 10. The van der Waals surface area contributed by atoms with E-state index in [2.05, 4.69) is 50.1 Å². The number of carbonyl (C=O) groups excluding carboxylic acids is 1. The van der Waals surface area contributed by atoms with Gasteiger partial charge in [0.2, 0.25) is 11.1 Å². The van der Waals surface area contributed by atoms with Gasteiger partial charge < -0.3 is 14.8 Å². The number of nitrogens with one attached hydrogen (secondary N) is 1. The Hall–Kier alpha value is -3.26. The third kappa shape index (κ3) is 6.01. The largest absolute Gasteiger partial charge is 0.489 e. The minimum atomic E-state index is -0.444. The second-order valence-corrected chi connectivity index (χ2v) is 10.5. The molecule has 1 unspecified atom stereocenters.